The van der Waals surface area contributed by atoms with E-state index in [1.165, 1.54) is 0 Å². The van der Waals surface area contributed by atoms with E-state index in [0.717, 1.165) is 16.7 Å². The Hall–Kier alpha value is -3.90. The minimum absolute atomic E-state index is 0.0898. The molecule has 2 amide bonds. The van der Waals surface area contributed by atoms with Gasteiger partial charge in [0.25, 0.3) is 5.91 Å². The number of benzene rings is 3. The number of rotatable bonds is 8. The second-order valence-corrected chi connectivity index (χ2v) is 9.25. The van der Waals surface area contributed by atoms with Crippen LogP contribution in [0.5, 0.6) is 0 Å². The fraction of sp³-hybridized carbons (Fsp3) is 0.233. The summed E-state index contributed by atoms with van der Waals surface area (Å²) in [5.41, 5.74) is 3.95. The van der Waals surface area contributed by atoms with Crippen LogP contribution in [-0.2, 0) is 27.4 Å². The Labute approximate surface area is 221 Å². The SMILES string of the molecule is CCOC(=O)C1=C(C)N(Cc2cccc(C(=O)NCc3ccccc3)c2)C(=O)CC1c1ccccc1Cl. The fourth-order valence-electron chi connectivity index (χ4n) is 4.57. The highest BCUT2D eigenvalue weighted by Crippen LogP contribution is 2.40. The Bertz CT molecular complexity index is 1340. The Kier molecular flexibility index (Phi) is 8.41. The maximum atomic E-state index is 13.3. The summed E-state index contributed by atoms with van der Waals surface area (Å²) in [5.74, 6) is -1.29. The molecule has 1 aliphatic heterocycles. The number of amides is 2. The standard InChI is InChI=1S/C30H29ClN2O4/c1-3-37-30(36)28-20(2)33(27(34)17-25(28)24-14-7-8-15-26(24)31)19-22-12-9-13-23(16-22)29(35)32-18-21-10-5-4-6-11-21/h4-16,25H,3,17-19H2,1-2H3,(H,32,35). The molecule has 0 bridgehead atoms. The van der Waals surface area contributed by atoms with Crippen LogP contribution in [0.3, 0.4) is 0 Å². The molecule has 4 rings (SSSR count). The first kappa shape index (κ1) is 26.2. The van der Waals surface area contributed by atoms with Crippen molar-refractivity contribution < 1.29 is 19.1 Å². The lowest BCUT2D eigenvalue weighted by molar-refractivity contribution is -0.140. The molecule has 1 atom stereocenters. The van der Waals surface area contributed by atoms with E-state index in [4.69, 9.17) is 16.3 Å². The molecule has 3 aromatic rings. The van der Waals surface area contributed by atoms with Crippen molar-refractivity contribution in [2.24, 2.45) is 0 Å². The number of esters is 1. The van der Waals surface area contributed by atoms with Crippen molar-refractivity contribution in [3.05, 3.63) is 117 Å². The maximum Gasteiger partial charge on any atom is 0.336 e. The molecule has 7 heteroatoms. The average Bonchev–Trinajstić information content (AvgIpc) is 2.90. The maximum absolute atomic E-state index is 13.3. The molecule has 190 valence electrons. The van der Waals surface area contributed by atoms with Crippen molar-refractivity contribution in [3.63, 3.8) is 0 Å². The first-order chi connectivity index (χ1) is 17.9. The number of carbonyl (C=O) groups excluding carboxylic acids is 3. The summed E-state index contributed by atoms with van der Waals surface area (Å²) < 4.78 is 5.36. The van der Waals surface area contributed by atoms with Crippen LogP contribution < -0.4 is 5.32 Å². The molecule has 1 N–H and O–H groups in total. The minimum Gasteiger partial charge on any atom is -0.463 e. The van der Waals surface area contributed by atoms with Crippen LogP contribution >= 0.6 is 11.6 Å². The number of ether oxygens (including phenoxy) is 1. The van der Waals surface area contributed by atoms with Crippen molar-refractivity contribution >= 4 is 29.4 Å². The number of nitrogens with one attached hydrogen (secondary N) is 1. The third-order valence-corrected chi connectivity index (χ3v) is 6.77. The lowest BCUT2D eigenvalue weighted by Gasteiger charge is -2.34. The number of halogens is 1. The molecule has 0 spiro atoms. The summed E-state index contributed by atoms with van der Waals surface area (Å²) in [6, 6.07) is 24.1. The summed E-state index contributed by atoms with van der Waals surface area (Å²) >= 11 is 6.44. The highest BCUT2D eigenvalue weighted by Gasteiger charge is 2.37. The molecule has 0 aromatic heterocycles. The van der Waals surface area contributed by atoms with Gasteiger partial charge >= 0.3 is 5.97 Å². The summed E-state index contributed by atoms with van der Waals surface area (Å²) in [7, 11) is 0. The number of nitrogens with zero attached hydrogens (tertiary/aromatic N) is 1. The van der Waals surface area contributed by atoms with Gasteiger partial charge in [0.2, 0.25) is 5.91 Å². The quantitative estimate of drug-likeness (QED) is 0.394. The van der Waals surface area contributed by atoms with Gasteiger partial charge in [0.15, 0.2) is 0 Å². The van der Waals surface area contributed by atoms with Crippen LogP contribution in [0.1, 0.15) is 53.2 Å². The van der Waals surface area contributed by atoms with Gasteiger partial charge in [-0.05, 0) is 48.7 Å². The van der Waals surface area contributed by atoms with Gasteiger partial charge in [-0.25, -0.2) is 4.79 Å². The molecule has 6 nitrogen and oxygen atoms in total. The van der Waals surface area contributed by atoms with E-state index in [9.17, 15) is 14.4 Å². The molecule has 0 saturated heterocycles. The molecule has 1 unspecified atom stereocenters. The first-order valence-electron chi connectivity index (χ1n) is 12.2. The van der Waals surface area contributed by atoms with E-state index in [1.54, 1.807) is 43.0 Å². The van der Waals surface area contributed by atoms with Gasteiger partial charge in [-0.2, -0.15) is 0 Å². The number of hydrogen-bond acceptors (Lipinski definition) is 4. The lowest BCUT2D eigenvalue weighted by atomic mass is 9.83. The van der Waals surface area contributed by atoms with Crippen LogP contribution in [0.25, 0.3) is 0 Å². The Morgan fingerprint density at radius 3 is 2.43 bits per heavy atom. The molecule has 37 heavy (non-hydrogen) atoms. The van der Waals surface area contributed by atoms with Crippen molar-refractivity contribution in [2.75, 3.05) is 6.61 Å². The van der Waals surface area contributed by atoms with Crippen molar-refractivity contribution in [2.45, 2.75) is 39.3 Å². The normalized spacial score (nSPS) is 15.5. The number of hydrogen-bond donors (Lipinski definition) is 1. The van der Waals surface area contributed by atoms with Crippen molar-refractivity contribution in [1.82, 2.24) is 10.2 Å². The lowest BCUT2D eigenvalue weighted by Crippen LogP contribution is -2.38. The Morgan fingerprint density at radius 2 is 1.70 bits per heavy atom. The number of allylic oxidation sites excluding steroid dienone is 1. The summed E-state index contributed by atoms with van der Waals surface area (Å²) in [5, 5.41) is 3.42. The highest BCUT2D eigenvalue weighted by atomic mass is 35.5. The van der Waals surface area contributed by atoms with Gasteiger partial charge in [0, 0.05) is 35.2 Å². The number of carbonyl (C=O) groups is 3. The van der Waals surface area contributed by atoms with Crippen LogP contribution in [-0.4, -0.2) is 29.3 Å². The molecule has 0 radical (unpaired) electrons. The molecule has 0 saturated carbocycles. The largest absolute Gasteiger partial charge is 0.463 e. The summed E-state index contributed by atoms with van der Waals surface area (Å²) in [6.45, 7) is 4.37. The molecule has 0 fully saturated rings. The first-order valence-corrected chi connectivity index (χ1v) is 12.6. The predicted octanol–water partition coefficient (Wildman–Crippen LogP) is 5.62. The molecule has 1 aliphatic rings. The van der Waals surface area contributed by atoms with E-state index >= 15 is 0 Å². The Balaban J connectivity index is 1.59. The molecule has 1 heterocycles. The zero-order chi connectivity index (χ0) is 26.4. The molecular weight excluding hydrogens is 488 g/mol. The van der Waals surface area contributed by atoms with E-state index in [-0.39, 0.29) is 31.4 Å². The van der Waals surface area contributed by atoms with Crippen LogP contribution in [0.4, 0.5) is 0 Å². The average molecular weight is 517 g/mol. The van der Waals surface area contributed by atoms with Crippen LogP contribution in [0.2, 0.25) is 5.02 Å². The molecule has 0 aliphatic carbocycles. The highest BCUT2D eigenvalue weighted by molar-refractivity contribution is 6.31. The monoisotopic (exact) mass is 516 g/mol. The molecule has 3 aromatic carbocycles. The summed E-state index contributed by atoms with van der Waals surface area (Å²) in [4.78, 5) is 40.7. The molecular formula is C30H29ClN2O4. The van der Waals surface area contributed by atoms with Crippen molar-refractivity contribution in [1.29, 1.82) is 0 Å². The second kappa shape index (κ2) is 11.9. The minimum atomic E-state index is -0.494. The van der Waals surface area contributed by atoms with E-state index in [1.807, 2.05) is 54.6 Å². The van der Waals surface area contributed by atoms with E-state index in [0.29, 0.717) is 28.4 Å². The Morgan fingerprint density at radius 1 is 1.00 bits per heavy atom. The third-order valence-electron chi connectivity index (χ3n) is 6.42. The van der Waals surface area contributed by atoms with Crippen LogP contribution in [0, 0.1) is 0 Å². The van der Waals surface area contributed by atoms with E-state index in [2.05, 4.69) is 5.32 Å². The predicted molar refractivity (Wildman–Crippen MR) is 143 cm³/mol. The third kappa shape index (κ3) is 6.09. The van der Waals surface area contributed by atoms with Gasteiger partial charge in [-0.15, -0.1) is 0 Å². The van der Waals surface area contributed by atoms with Gasteiger partial charge in [0.1, 0.15) is 0 Å². The van der Waals surface area contributed by atoms with Gasteiger partial charge in [-0.3, -0.25) is 9.59 Å². The van der Waals surface area contributed by atoms with Gasteiger partial charge in [0.05, 0.1) is 18.7 Å². The van der Waals surface area contributed by atoms with E-state index < -0.39 is 11.9 Å². The zero-order valence-electron chi connectivity index (χ0n) is 20.9. The van der Waals surface area contributed by atoms with Gasteiger partial charge < -0.3 is 15.0 Å². The van der Waals surface area contributed by atoms with Crippen LogP contribution in [0.15, 0.2) is 90.1 Å². The van der Waals surface area contributed by atoms with Crippen molar-refractivity contribution in [3.8, 4) is 0 Å². The zero-order valence-corrected chi connectivity index (χ0v) is 21.6. The van der Waals surface area contributed by atoms with Gasteiger partial charge in [-0.1, -0.05) is 72.3 Å². The fourth-order valence-corrected chi connectivity index (χ4v) is 4.84. The smallest absolute Gasteiger partial charge is 0.336 e. The topological polar surface area (TPSA) is 75.7 Å². The second-order valence-electron chi connectivity index (χ2n) is 8.85. The summed E-state index contributed by atoms with van der Waals surface area (Å²) in [6.07, 6.45) is 0.0898.